The van der Waals surface area contributed by atoms with E-state index in [1.165, 1.54) is 19.2 Å². The number of amides is 1. The number of rotatable bonds is 6. The van der Waals surface area contributed by atoms with Crippen LogP contribution in [0.15, 0.2) is 64.9 Å². The van der Waals surface area contributed by atoms with E-state index in [1.807, 2.05) is 6.92 Å². The molecule has 3 aromatic rings. The monoisotopic (exact) mass is 432 g/mol. The summed E-state index contributed by atoms with van der Waals surface area (Å²) in [5, 5.41) is 4.51. The first-order chi connectivity index (χ1) is 13.7. The minimum atomic E-state index is -3.80. The number of sulfonamides is 1. The summed E-state index contributed by atoms with van der Waals surface area (Å²) in [6.45, 7) is 3.66. The van der Waals surface area contributed by atoms with Gasteiger partial charge in [-0.05, 0) is 55.1 Å². The molecule has 0 radical (unpaired) electrons. The molecular formula is C21H21FN2O3S2. The number of thiophene rings is 1. The van der Waals surface area contributed by atoms with E-state index in [0.717, 1.165) is 26.8 Å². The van der Waals surface area contributed by atoms with Crippen molar-refractivity contribution >= 4 is 33.0 Å². The maximum absolute atomic E-state index is 13.1. The van der Waals surface area contributed by atoms with Crippen LogP contribution in [0.25, 0.3) is 0 Å². The minimum Gasteiger partial charge on any atom is -0.345 e. The SMILES string of the molecule is Cc1ccc(S(=O)(=O)N(C)c2ccsc2C(=O)N[C@@H](C)c2ccc(F)cc2)cc1. The lowest BCUT2D eigenvalue weighted by molar-refractivity contribution is 0.0944. The normalized spacial score (nSPS) is 12.4. The van der Waals surface area contributed by atoms with Crippen LogP contribution in [0.3, 0.4) is 0 Å². The quantitative estimate of drug-likeness (QED) is 0.623. The van der Waals surface area contributed by atoms with Gasteiger partial charge in [0.2, 0.25) is 0 Å². The van der Waals surface area contributed by atoms with E-state index in [4.69, 9.17) is 0 Å². The molecule has 1 amide bonds. The van der Waals surface area contributed by atoms with Crippen LogP contribution in [0.2, 0.25) is 0 Å². The summed E-state index contributed by atoms with van der Waals surface area (Å²) in [5.74, 6) is -0.742. The van der Waals surface area contributed by atoms with Crippen molar-refractivity contribution < 1.29 is 17.6 Å². The third-order valence-corrected chi connectivity index (χ3v) is 7.27. The number of benzene rings is 2. The van der Waals surface area contributed by atoms with Crippen LogP contribution >= 0.6 is 11.3 Å². The molecule has 1 heterocycles. The van der Waals surface area contributed by atoms with Crippen molar-refractivity contribution in [3.63, 3.8) is 0 Å². The number of anilines is 1. The van der Waals surface area contributed by atoms with Crippen molar-refractivity contribution in [2.24, 2.45) is 0 Å². The van der Waals surface area contributed by atoms with Crippen molar-refractivity contribution in [3.05, 3.63) is 81.8 Å². The zero-order valence-electron chi connectivity index (χ0n) is 16.2. The Morgan fingerprint density at radius 2 is 1.69 bits per heavy atom. The number of halogens is 1. The lowest BCUT2D eigenvalue weighted by Crippen LogP contribution is -2.30. The molecule has 0 aliphatic rings. The number of hydrogen-bond acceptors (Lipinski definition) is 4. The summed E-state index contributed by atoms with van der Waals surface area (Å²) in [6, 6.07) is 13.7. The van der Waals surface area contributed by atoms with E-state index in [1.54, 1.807) is 54.8 Å². The van der Waals surface area contributed by atoms with E-state index in [2.05, 4.69) is 5.32 Å². The lowest BCUT2D eigenvalue weighted by Gasteiger charge is -2.21. The van der Waals surface area contributed by atoms with Crippen molar-refractivity contribution in [2.75, 3.05) is 11.4 Å². The molecule has 0 spiro atoms. The summed E-state index contributed by atoms with van der Waals surface area (Å²) in [5.41, 5.74) is 2.01. The second kappa shape index (κ2) is 8.34. The topological polar surface area (TPSA) is 66.5 Å². The van der Waals surface area contributed by atoms with Crippen LogP contribution in [0, 0.1) is 12.7 Å². The molecule has 1 N–H and O–H groups in total. The predicted molar refractivity (Wildman–Crippen MR) is 113 cm³/mol. The number of aryl methyl sites for hydroxylation is 1. The highest BCUT2D eigenvalue weighted by atomic mass is 32.2. The molecule has 0 saturated heterocycles. The highest BCUT2D eigenvalue weighted by Gasteiger charge is 2.26. The Morgan fingerprint density at radius 3 is 2.31 bits per heavy atom. The molecule has 8 heteroatoms. The molecule has 0 unspecified atom stereocenters. The van der Waals surface area contributed by atoms with Gasteiger partial charge in [-0.3, -0.25) is 9.10 Å². The van der Waals surface area contributed by atoms with E-state index >= 15 is 0 Å². The smallest absolute Gasteiger partial charge is 0.264 e. The van der Waals surface area contributed by atoms with Gasteiger partial charge in [0, 0.05) is 7.05 Å². The molecule has 0 bridgehead atoms. The molecule has 0 saturated carbocycles. The third kappa shape index (κ3) is 4.49. The molecule has 0 fully saturated rings. The predicted octanol–water partition coefficient (Wildman–Crippen LogP) is 4.51. The lowest BCUT2D eigenvalue weighted by atomic mass is 10.1. The molecule has 0 aliphatic carbocycles. The maximum Gasteiger partial charge on any atom is 0.264 e. The van der Waals surface area contributed by atoms with Crippen LogP contribution in [0.5, 0.6) is 0 Å². The van der Waals surface area contributed by atoms with Crippen LogP contribution in [0.4, 0.5) is 10.1 Å². The minimum absolute atomic E-state index is 0.155. The largest absolute Gasteiger partial charge is 0.345 e. The van der Waals surface area contributed by atoms with Gasteiger partial charge in [-0.1, -0.05) is 29.8 Å². The van der Waals surface area contributed by atoms with Crippen molar-refractivity contribution in [2.45, 2.75) is 24.8 Å². The van der Waals surface area contributed by atoms with Gasteiger partial charge in [0.15, 0.2) is 0 Å². The number of carbonyl (C=O) groups is 1. The van der Waals surface area contributed by atoms with E-state index in [0.29, 0.717) is 5.69 Å². The molecule has 1 atom stereocenters. The molecule has 3 rings (SSSR count). The Labute approximate surface area is 173 Å². The Bertz CT molecular complexity index is 1110. The number of nitrogens with one attached hydrogen (secondary N) is 1. The molecule has 0 aliphatic heterocycles. The van der Waals surface area contributed by atoms with Crippen LogP contribution in [-0.4, -0.2) is 21.4 Å². The Kier molecular flexibility index (Phi) is 6.04. The van der Waals surface area contributed by atoms with Gasteiger partial charge in [-0.25, -0.2) is 12.8 Å². The summed E-state index contributed by atoms with van der Waals surface area (Å²) in [7, 11) is -2.37. The molecule has 29 heavy (non-hydrogen) atoms. The average molecular weight is 433 g/mol. The second-order valence-electron chi connectivity index (χ2n) is 6.67. The average Bonchev–Trinajstić information content (AvgIpc) is 3.18. The van der Waals surface area contributed by atoms with Gasteiger partial charge in [0.25, 0.3) is 15.9 Å². The summed E-state index contributed by atoms with van der Waals surface area (Å²) < 4.78 is 40.1. The van der Waals surface area contributed by atoms with Crippen LogP contribution in [-0.2, 0) is 10.0 Å². The first-order valence-corrected chi connectivity index (χ1v) is 11.2. The van der Waals surface area contributed by atoms with Crippen molar-refractivity contribution in [1.29, 1.82) is 0 Å². The molecule has 5 nitrogen and oxygen atoms in total. The Morgan fingerprint density at radius 1 is 1.07 bits per heavy atom. The number of carbonyl (C=O) groups excluding carboxylic acids is 1. The zero-order valence-corrected chi connectivity index (χ0v) is 17.9. The Balaban J connectivity index is 1.83. The fourth-order valence-corrected chi connectivity index (χ4v) is 4.91. The summed E-state index contributed by atoms with van der Waals surface area (Å²) >= 11 is 1.16. The zero-order chi connectivity index (χ0) is 21.2. The third-order valence-electron chi connectivity index (χ3n) is 4.59. The standard InChI is InChI=1S/C21H21FN2O3S2/c1-14-4-10-18(11-5-14)29(26,27)24(3)19-12-13-28-20(19)21(25)23-15(2)16-6-8-17(22)9-7-16/h4-13,15H,1-3H3,(H,23,25)/t15-/m0/s1. The number of nitrogens with zero attached hydrogens (tertiary/aromatic N) is 1. The fraction of sp³-hybridized carbons (Fsp3) is 0.190. The first kappa shape index (κ1) is 21.0. The molecule has 152 valence electrons. The molecule has 1 aromatic heterocycles. The van der Waals surface area contributed by atoms with Crippen LogP contribution < -0.4 is 9.62 Å². The van der Waals surface area contributed by atoms with Crippen molar-refractivity contribution in [1.82, 2.24) is 5.32 Å². The highest BCUT2D eigenvalue weighted by Crippen LogP contribution is 2.30. The van der Waals surface area contributed by atoms with Crippen LogP contribution in [0.1, 0.15) is 33.8 Å². The number of hydrogen-bond donors (Lipinski definition) is 1. The molecular weight excluding hydrogens is 411 g/mol. The second-order valence-corrected chi connectivity index (χ2v) is 9.55. The highest BCUT2D eigenvalue weighted by molar-refractivity contribution is 7.92. The molecule has 2 aromatic carbocycles. The van der Waals surface area contributed by atoms with Gasteiger partial charge in [0.05, 0.1) is 16.6 Å². The fourth-order valence-electron chi connectivity index (χ4n) is 2.82. The summed E-state index contributed by atoms with van der Waals surface area (Å²) in [4.78, 5) is 13.2. The van der Waals surface area contributed by atoms with Gasteiger partial charge in [-0.2, -0.15) is 0 Å². The maximum atomic E-state index is 13.1. The van der Waals surface area contributed by atoms with E-state index in [9.17, 15) is 17.6 Å². The Hall–Kier alpha value is -2.71. The van der Waals surface area contributed by atoms with Gasteiger partial charge < -0.3 is 5.32 Å². The van der Waals surface area contributed by atoms with Gasteiger partial charge in [-0.15, -0.1) is 11.3 Å². The summed E-state index contributed by atoms with van der Waals surface area (Å²) in [6.07, 6.45) is 0. The van der Waals surface area contributed by atoms with Crippen molar-refractivity contribution in [3.8, 4) is 0 Å². The van der Waals surface area contributed by atoms with E-state index < -0.39 is 15.9 Å². The first-order valence-electron chi connectivity index (χ1n) is 8.89. The van der Waals surface area contributed by atoms with Gasteiger partial charge >= 0.3 is 0 Å². The van der Waals surface area contributed by atoms with E-state index in [-0.39, 0.29) is 21.6 Å². The van der Waals surface area contributed by atoms with Gasteiger partial charge in [0.1, 0.15) is 10.7 Å².